The second-order valence-corrected chi connectivity index (χ2v) is 11.5. The van der Waals surface area contributed by atoms with Crippen LogP contribution in [0.1, 0.15) is 11.1 Å². The van der Waals surface area contributed by atoms with Crippen LogP contribution in [0.4, 0.5) is 0 Å². The van der Waals surface area contributed by atoms with E-state index in [1.54, 1.807) is 36.4 Å². The van der Waals surface area contributed by atoms with Gasteiger partial charge in [0.2, 0.25) is 5.75 Å². The van der Waals surface area contributed by atoms with E-state index in [4.69, 9.17) is 91.3 Å². The molecule has 0 unspecified atom stereocenters. The molecule has 2 aromatic carbocycles. The van der Waals surface area contributed by atoms with Gasteiger partial charge in [-0.05, 0) is 35.4 Å². The second-order valence-electron chi connectivity index (χ2n) is 10.4. The third-order valence-corrected chi connectivity index (χ3v) is 7.13. The van der Waals surface area contributed by atoms with Gasteiger partial charge in [-0.25, -0.2) is 4.57 Å². The van der Waals surface area contributed by atoms with E-state index in [0.29, 0.717) is 22.8 Å². The Kier molecular flexibility index (Phi) is 22.7. The van der Waals surface area contributed by atoms with Gasteiger partial charge < -0.3 is 86.0 Å². The number of ether oxygens (including phenoxy) is 4. The first kappa shape index (κ1) is 47.8. The molecule has 21 heteroatoms. The van der Waals surface area contributed by atoms with Crippen LogP contribution in [0.3, 0.4) is 0 Å². The molecule has 0 bridgehead atoms. The molecule has 0 fully saturated rings. The Bertz CT molecular complexity index is 1270. The monoisotopic (exact) mass is 758 g/mol. The number of aliphatic hydroxyl groups is 10. The number of phosphoric acid groups is 1. The lowest BCUT2D eigenvalue weighted by Crippen LogP contribution is -2.48. The Morgan fingerprint density at radius 1 is 0.588 bits per heavy atom. The Morgan fingerprint density at radius 3 is 1.29 bits per heavy atom. The number of methoxy groups -OCH3 is 4. The van der Waals surface area contributed by atoms with Crippen molar-refractivity contribution in [3.63, 3.8) is 0 Å². The minimum absolute atomic E-state index is 0.0575. The molecule has 0 spiro atoms. The topological polar surface area (TPSA) is 358 Å². The highest BCUT2D eigenvalue weighted by Gasteiger charge is 2.30. The van der Waals surface area contributed by atoms with Crippen molar-refractivity contribution in [2.24, 2.45) is 11.5 Å². The zero-order valence-electron chi connectivity index (χ0n) is 28.4. The van der Waals surface area contributed by atoms with Crippen LogP contribution in [0.2, 0.25) is 0 Å². The van der Waals surface area contributed by atoms with Crippen molar-refractivity contribution in [1.82, 2.24) is 0 Å². The summed E-state index contributed by atoms with van der Waals surface area (Å²) in [6, 6.07) is 8.29. The Hall–Kier alpha value is -3.15. The molecular formula is C30H51N2O18P. The molecule has 0 aliphatic rings. The molecule has 0 aromatic heterocycles. The molecule has 0 aliphatic heterocycles. The Balaban J connectivity index is 0.000000865. The molecule has 51 heavy (non-hydrogen) atoms. The second kappa shape index (κ2) is 24.2. The summed E-state index contributed by atoms with van der Waals surface area (Å²) in [6.45, 7) is -1.82. The summed E-state index contributed by atoms with van der Waals surface area (Å²) in [5, 5.41) is 88.3. The summed E-state index contributed by atoms with van der Waals surface area (Å²) in [5.74, 6) is 1.66. The highest BCUT2D eigenvalue weighted by molar-refractivity contribution is 7.46. The number of hydrogen-bond donors (Lipinski definition) is 14. The van der Waals surface area contributed by atoms with Crippen molar-refractivity contribution < 1.29 is 88.9 Å². The van der Waals surface area contributed by atoms with Gasteiger partial charge in [-0.1, -0.05) is 18.2 Å². The molecule has 0 radical (unpaired) electrons. The summed E-state index contributed by atoms with van der Waals surface area (Å²) >= 11 is 0. The molecule has 0 heterocycles. The SMILES string of the molecule is COc1ccc(/C=C\c2cc(OC)c(OC)c(OC)c2)cc1OP(=O)(O)O.NC[C@H](O)[C@@H](O)[C@H](O)[C@H](O)CO.NC[C@H](O)[C@@H](O)[C@H](O)[C@H](O)CO. The fourth-order valence-electron chi connectivity index (χ4n) is 3.79. The first-order valence-corrected chi connectivity index (χ1v) is 16.4. The van der Waals surface area contributed by atoms with E-state index >= 15 is 0 Å². The van der Waals surface area contributed by atoms with Gasteiger partial charge >= 0.3 is 7.82 Å². The third-order valence-electron chi connectivity index (χ3n) is 6.69. The summed E-state index contributed by atoms with van der Waals surface area (Å²) in [4.78, 5) is 18.1. The van der Waals surface area contributed by atoms with Crippen LogP contribution in [0.5, 0.6) is 28.7 Å². The van der Waals surface area contributed by atoms with E-state index < -0.39 is 69.9 Å². The van der Waals surface area contributed by atoms with Gasteiger partial charge in [0, 0.05) is 13.1 Å². The minimum Gasteiger partial charge on any atom is -0.493 e. The summed E-state index contributed by atoms with van der Waals surface area (Å²) < 4.78 is 36.8. The molecule has 2 rings (SSSR count). The van der Waals surface area contributed by atoms with Crippen LogP contribution >= 0.6 is 7.82 Å². The Morgan fingerprint density at radius 2 is 0.961 bits per heavy atom. The van der Waals surface area contributed by atoms with Crippen LogP contribution in [0.15, 0.2) is 30.3 Å². The maximum atomic E-state index is 11.1. The van der Waals surface area contributed by atoms with Crippen LogP contribution < -0.4 is 34.9 Å². The molecular weight excluding hydrogens is 707 g/mol. The predicted molar refractivity (Wildman–Crippen MR) is 181 cm³/mol. The molecule has 2 aromatic rings. The maximum absolute atomic E-state index is 11.1. The van der Waals surface area contributed by atoms with Crippen molar-refractivity contribution in [2.75, 3.05) is 54.7 Å². The van der Waals surface area contributed by atoms with Crippen LogP contribution in [0, 0.1) is 0 Å². The van der Waals surface area contributed by atoms with E-state index in [-0.39, 0.29) is 24.6 Å². The molecule has 20 nitrogen and oxygen atoms in total. The lowest BCUT2D eigenvalue weighted by Gasteiger charge is -2.24. The van der Waals surface area contributed by atoms with Gasteiger partial charge in [0.1, 0.15) is 36.6 Å². The molecule has 0 saturated carbocycles. The summed E-state index contributed by atoms with van der Waals surface area (Å²) in [6.07, 6.45) is -8.29. The molecule has 16 N–H and O–H groups in total. The van der Waals surface area contributed by atoms with Gasteiger partial charge in [0.25, 0.3) is 0 Å². The van der Waals surface area contributed by atoms with Crippen LogP contribution in [0.25, 0.3) is 12.2 Å². The number of benzene rings is 2. The zero-order valence-corrected chi connectivity index (χ0v) is 29.3. The molecule has 8 atom stereocenters. The Labute approximate surface area is 294 Å². The van der Waals surface area contributed by atoms with Crippen molar-refractivity contribution in [3.8, 4) is 28.7 Å². The summed E-state index contributed by atoms with van der Waals surface area (Å²) in [7, 11) is 1.26. The third kappa shape index (κ3) is 16.4. The molecule has 294 valence electrons. The first-order chi connectivity index (χ1) is 23.9. The van der Waals surface area contributed by atoms with Crippen LogP contribution in [-0.2, 0) is 4.57 Å². The quantitative estimate of drug-likeness (QED) is 0.0510. The zero-order chi connectivity index (χ0) is 39.5. The molecule has 0 aliphatic carbocycles. The number of hydrogen-bond acceptors (Lipinski definition) is 18. The minimum atomic E-state index is -4.71. The lowest BCUT2D eigenvalue weighted by molar-refractivity contribution is -0.112. The fraction of sp³-hybridized carbons (Fsp3) is 0.533. The van der Waals surface area contributed by atoms with Gasteiger partial charge in [-0.2, -0.15) is 0 Å². The number of aliphatic hydroxyl groups excluding tert-OH is 10. The normalized spacial score (nSPS) is 16.1. The van der Waals surface area contributed by atoms with E-state index in [9.17, 15) is 4.57 Å². The van der Waals surface area contributed by atoms with Crippen LogP contribution in [-0.4, -0.2) is 164 Å². The summed E-state index contributed by atoms with van der Waals surface area (Å²) in [5.41, 5.74) is 11.4. The fourth-order valence-corrected chi connectivity index (χ4v) is 4.19. The first-order valence-electron chi connectivity index (χ1n) is 14.9. The number of rotatable bonds is 18. The molecule has 0 saturated heterocycles. The van der Waals surface area contributed by atoms with E-state index in [1.165, 1.54) is 34.5 Å². The number of phosphoric ester groups is 1. The highest BCUT2D eigenvalue weighted by atomic mass is 31.2. The van der Waals surface area contributed by atoms with Gasteiger partial charge in [0.05, 0.1) is 53.9 Å². The highest BCUT2D eigenvalue weighted by Crippen LogP contribution is 2.43. The van der Waals surface area contributed by atoms with Gasteiger partial charge in [-0.3, -0.25) is 9.79 Å². The van der Waals surface area contributed by atoms with Gasteiger partial charge in [0.15, 0.2) is 23.0 Å². The average molecular weight is 759 g/mol. The van der Waals surface area contributed by atoms with Crippen molar-refractivity contribution in [1.29, 1.82) is 0 Å². The average Bonchev–Trinajstić information content (AvgIpc) is 3.13. The van der Waals surface area contributed by atoms with Crippen molar-refractivity contribution >= 4 is 20.0 Å². The van der Waals surface area contributed by atoms with Gasteiger partial charge in [-0.15, -0.1) is 0 Å². The molecule has 0 amide bonds. The standard InChI is InChI=1S/C18H21O8P.2C6H15NO5/c1-22-14-8-7-12(9-15(14)26-27(19,20)21)5-6-13-10-16(23-2)18(25-4)17(11-13)24-3;2*7-1-3(9)5(11)6(12)4(10)2-8/h5-11H,1-4H3,(H2,19,20,21);2*3-6,8-12H,1-2,7H2/b6-5-;;/t;2*3-,4+,5+,6+/m.00/s1. The van der Waals surface area contributed by atoms with E-state index in [1.807, 2.05) is 0 Å². The largest absolute Gasteiger partial charge is 0.524 e. The van der Waals surface area contributed by atoms with E-state index in [0.717, 1.165) is 5.56 Å². The predicted octanol–water partition coefficient (Wildman–Crippen LogP) is -3.88. The van der Waals surface area contributed by atoms with Crippen molar-refractivity contribution in [2.45, 2.75) is 48.8 Å². The lowest BCUT2D eigenvalue weighted by atomic mass is 10.0. The van der Waals surface area contributed by atoms with E-state index in [2.05, 4.69) is 4.52 Å². The smallest absolute Gasteiger partial charge is 0.493 e. The van der Waals surface area contributed by atoms with Crippen molar-refractivity contribution in [3.05, 3.63) is 41.5 Å². The number of nitrogens with two attached hydrogens (primary N) is 2. The maximum Gasteiger partial charge on any atom is 0.524 e.